The molecule has 1 N–H and O–H groups in total. The van der Waals surface area contributed by atoms with Crippen LogP contribution < -0.4 is 51.4 Å². The molecule has 2 atom stereocenters. The fraction of sp³-hybridized carbons (Fsp3) is 1.00. The third kappa shape index (κ3) is 20.6. The Morgan fingerprint density at radius 2 is 1.11 bits per heavy atom. The molecule has 0 radical (unpaired) electrons. The Morgan fingerprint density at radius 1 is 0.741 bits per heavy atom. The molecule has 0 saturated heterocycles. The Balaban J connectivity index is 0. The van der Waals surface area contributed by atoms with Gasteiger partial charge in [-0.25, -0.2) is 8.42 Å². The van der Waals surface area contributed by atoms with Crippen molar-refractivity contribution in [1.82, 2.24) is 0 Å². The van der Waals surface area contributed by atoms with Crippen molar-refractivity contribution in [3.05, 3.63) is 0 Å². The van der Waals surface area contributed by atoms with Crippen LogP contribution >= 0.6 is 0 Å². The first-order chi connectivity index (χ1) is 12.4. The molecule has 0 heterocycles. The quantitative estimate of drug-likeness (QED) is 0.194. The topological polar surface area (TPSA) is 77.4 Å². The fourth-order valence-corrected chi connectivity index (χ4v) is 4.35. The van der Waals surface area contributed by atoms with E-state index in [0.717, 1.165) is 12.8 Å². The molecular formula is C21H43KO4S. The van der Waals surface area contributed by atoms with E-state index in [1.54, 1.807) is 6.92 Å². The van der Waals surface area contributed by atoms with Crippen molar-refractivity contribution < 1.29 is 69.5 Å². The van der Waals surface area contributed by atoms with Crippen molar-refractivity contribution in [1.29, 1.82) is 0 Å². The second-order valence-electron chi connectivity index (χ2n) is 7.80. The first kappa shape index (κ1) is 30.7. The monoisotopic (exact) mass is 430 g/mol. The molecule has 158 valence electrons. The van der Waals surface area contributed by atoms with Crippen molar-refractivity contribution in [3.8, 4) is 0 Å². The van der Waals surface area contributed by atoms with Crippen LogP contribution in [0, 0.1) is 0 Å². The fourth-order valence-electron chi connectivity index (χ4n) is 3.48. The number of hydrogen-bond acceptors (Lipinski definition) is 4. The summed E-state index contributed by atoms with van der Waals surface area (Å²) < 4.78 is 33.1. The minimum Gasteiger partial charge on any atom is -0.748 e. The largest absolute Gasteiger partial charge is 1.00 e. The summed E-state index contributed by atoms with van der Waals surface area (Å²) in [5.41, 5.74) is 0. The molecule has 0 fully saturated rings. The van der Waals surface area contributed by atoms with E-state index >= 15 is 0 Å². The maximum Gasteiger partial charge on any atom is 1.00 e. The summed E-state index contributed by atoms with van der Waals surface area (Å²) in [7, 11) is -4.28. The van der Waals surface area contributed by atoms with Crippen LogP contribution in [0.1, 0.15) is 123 Å². The van der Waals surface area contributed by atoms with Gasteiger partial charge in [0, 0.05) is 0 Å². The van der Waals surface area contributed by atoms with Gasteiger partial charge in [0.15, 0.2) is 0 Å². The third-order valence-corrected chi connectivity index (χ3v) is 6.63. The van der Waals surface area contributed by atoms with Crippen LogP contribution in [-0.2, 0) is 10.1 Å². The molecule has 0 aliphatic rings. The maximum atomic E-state index is 11.0. The average molecular weight is 431 g/mol. The first-order valence-electron chi connectivity index (χ1n) is 11.0. The number of aliphatic hydroxyl groups is 1. The summed E-state index contributed by atoms with van der Waals surface area (Å²) in [5, 5.41) is 8.96. The Kier molecular flexibility index (Phi) is 23.6. The zero-order valence-corrected chi connectivity index (χ0v) is 22.2. The van der Waals surface area contributed by atoms with Crippen molar-refractivity contribution in [2.45, 2.75) is 134 Å². The minimum absolute atomic E-state index is 0. The van der Waals surface area contributed by atoms with E-state index in [-0.39, 0.29) is 64.2 Å². The zero-order chi connectivity index (χ0) is 19.7. The van der Waals surface area contributed by atoms with Gasteiger partial charge in [0.25, 0.3) is 0 Å². The summed E-state index contributed by atoms with van der Waals surface area (Å²) >= 11 is 0. The van der Waals surface area contributed by atoms with Gasteiger partial charge in [-0.15, -0.1) is 0 Å². The van der Waals surface area contributed by atoms with E-state index in [2.05, 4.69) is 6.92 Å². The van der Waals surface area contributed by atoms with E-state index in [1.807, 2.05) is 0 Å². The molecule has 6 heteroatoms. The van der Waals surface area contributed by atoms with Crippen LogP contribution in [0.3, 0.4) is 0 Å². The van der Waals surface area contributed by atoms with Gasteiger partial charge in [-0.1, -0.05) is 104 Å². The predicted octanol–water partition coefficient (Wildman–Crippen LogP) is 2.94. The van der Waals surface area contributed by atoms with Crippen molar-refractivity contribution in [3.63, 3.8) is 0 Å². The van der Waals surface area contributed by atoms with Crippen LogP contribution in [0.4, 0.5) is 0 Å². The molecular weight excluding hydrogens is 387 g/mol. The summed E-state index contributed by atoms with van der Waals surface area (Å²) in [5.74, 6) is 0. The standard InChI is InChI=1S/C21H44O4S.K/c1-3-5-6-7-8-9-10-11-12-13-14-15-16-17-18-20(22)19-21(4-2)26(23,24)25;/h20-22H,3-19H2,1-2H3,(H,23,24,25);/q;+1/p-1. The molecule has 0 aromatic carbocycles. The van der Waals surface area contributed by atoms with E-state index < -0.39 is 21.5 Å². The molecule has 0 saturated carbocycles. The molecule has 4 nitrogen and oxygen atoms in total. The minimum atomic E-state index is -4.28. The van der Waals surface area contributed by atoms with Crippen LogP contribution in [0.15, 0.2) is 0 Å². The predicted molar refractivity (Wildman–Crippen MR) is 109 cm³/mol. The Hall–Kier alpha value is 1.51. The van der Waals surface area contributed by atoms with Crippen LogP contribution in [0.25, 0.3) is 0 Å². The number of aliphatic hydroxyl groups excluding tert-OH is 1. The third-order valence-electron chi connectivity index (χ3n) is 5.29. The zero-order valence-electron chi connectivity index (χ0n) is 18.3. The molecule has 0 aliphatic carbocycles. The Bertz CT molecular complexity index is 401. The number of rotatable bonds is 19. The molecule has 0 bridgehead atoms. The second kappa shape index (κ2) is 20.8. The van der Waals surface area contributed by atoms with Gasteiger partial charge < -0.3 is 9.66 Å². The van der Waals surface area contributed by atoms with Gasteiger partial charge >= 0.3 is 51.4 Å². The summed E-state index contributed by atoms with van der Waals surface area (Å²) in [4.78, 5) is 0. The molecule has 0 aliphatic heterocycles. The first-order valence-corrected chi connectivity index (χ1v) is 12.5. The van der Waals surface area contributed by atoms with Gasteiger partial charge in [-0.05, 0) is 19.3 Å². The van der Waals surface area contributed by atoms with Gasteiger partial charge in [0.2, 0.25) is 0 Å². The van der Waals surface area contributed by atoms with Crippen LogP contribution in [0.2, 0.25) is 0 Å². The van der Waals surface area contributed by atoms with Gasteiger partial charge in [-0.3, -0.25) is 0 Å². The molecule has 0 rings (SSSR count). The van der Waals surface area contributed by atoms with Gasteiger partial charge in [0.05, 0.1) is 21.5 Å². The molecule has 0 amide bonds. The molecule has 0 aromatic rings. The van der Waals surface area contributed by atoms with Gasteiger partial charge in [0.1, 0.15) is 0 Å². The molecule has 27 heavy (non-hydrogen) atoms. The Morgan fingerprint density at radius 3 is 1.44 bits per heavy atom. The Labute approximate surface area is 211 Å². The summed E-state index contributed by atoms with van der Waals surface area (Å²) in [6, 6.07) is 0. The smallest absolute Gasteiger partial charge is 0.748 e. The SMILES string of the molecule is CCCCCCCCCCCCCCCCC(O)CC(CC)S(=O)(=O)[O-].[K+]. The molecule has 2 unspecified atom stereocenters. The van der Waals surface area contributed by atoms with Crippen LogP contribution in [-0.4, -0.2) is 29.4 Å². The normalized spacial score (nSPS) is 13.9. The van der Waals surface area contributed by atoms with E-state index in [0.29, 0.717) is 6.42 Å². The van der Waals surface area contributed by atoms with E-state index in [1.165, 1.54) is 77.0 Å². The van der Waals surface area contributed by atoms with Crippen molar-refractivity contribution >= 4 is 10.1 Å². The average Bonchev–Trinajstić information content (AvgIpc) is 2.59. The van der Waals surface area contributed by atoms with E-state index in [4.69, 9.17) is 0 Å². The number of hydrogen-bond donors (Lipinski definition) is 1. The van der Waals surface area contributed by atoms with Crippen molar-refractivity contribution in [2.75, 3.05) is 0 Å². The summed E-state index contributed by atoms with van der Waals surface area (Å²) in [6.45, 7) is 3.94. The van der Waals surface area contributed by atoms with Crippen molar-refractivity contribution in [2.24, 2.45) is 0 Å². The number of unbranched alkanes of at least 4 members (excludes halogenated alkanes) is 13. The van der Waals surface area contributed by atoms with E-state index in [9.17, 15) is 18.1 Å². The van der Waals surface area contributed by atoms with Crippen LogP contribution in [0.5, 0.6) is 0 Å². The second-order valence-corrected chi connectivity index (χ2v) is 9.45. The van der Waals surface area contributed by atoms with Gasteiger partial charge in [-0.2, -0.15) is 0 Å². The molecule has 0 spiro atoms. The maximum absolute atomic E-state index is 11.0. The summed E-state index contributed by atoms with van der Waals surface area (Å²) in [6.07, 6.45) is 18.4. The molecule has 0 aromatic heterocycles.